The Labute approximate surface area is 86.1 Å². The van der Waals surface area contributed by atoms with E-state index in [9.17, 15) is 4.79 Å². The zero-order valence-electron chi connectivity index (χ0n) is 9.36. The SMILES string of the molecule is CCC(C(=O)O)N1CC(C)CC(C)C1. The van der Waals surface area contributed by atoms with Gasteiger partial charge in [-0.15, -0.1) is 0 Å². The number of likely N-dealkylation sites (tertiary alicyclic amines) is 1. The molecule has 1 N–H and O–H groups in total. The van der Waals surface area contributed by atoms with Crippen molar-refractivity contribution >= 4 is 5.97 Å². The van der Waals surface area contributed by atoms with Crippen LogP contribution in [0.5, 0.6) is 0 Å². The molecular formula is C11H21NO2. The van der Waals surface area contributed by atoms with Crippen molar-refractivity contribution in [2.24, 2.45) is 11.8 Å². The standard InChI is InChI=1S/C11H21NO2/c1-4-10(11(13)14)12-6-8(2)5-9(3)7-12/h8-10H,4-7H2,1-3H3,(H,13,14). The number of hydrogen-bond acceptors (Lipinski definition) is 2. The average Bonchev–Trinajstić information content (AvgIpc) is 2.02. The Morgan fingerprint density at radius 2 is 1.93 bits per heavy atom. The Hall–Kier alpha value is -0.570. The molecule has 3 heteroatoms. The maximum absolute atomic E-state index is 11.0. The van der Waals surface area contributed by atoms with Gasteiger partial charge in [-0.05, 0) is 24.7 Å². The van der Waals surface area contributed by atoms with E-state index >= 15 is 0 Å². The first-order valence-electron chi connectivity index (χ1n) is 5.51. The molecule has 0 aromatic heterocycles. The van der Waals surface area contributed by atoms with Gasteiger partial charge < -0.3 is 5.11 Å². The largest absolute Gasteiger partial charge is 0.480 e. The number of carboxylic acids is 1. The number of nitrogens with zero attached hydrogens (tertiary/aromatic N) is 1. The molecule has 14 heavy (non-hydrogen) atoms. The lowest BCUT2D eigenvalue weighted by atomic mass is 9.90. The highest BCUT2D eigenvalue weighted by molar-refractivity contribution is 5.73. The zero-order chi connectivity index (χ0) is 10.7. The molecular weight excluding hydrogens is 178 g/mol. The highest BCUT2D eigenvalue weighted by atomic mass is 16.4. The second kappa shape index (κ2) is 4.78. The summed E-state index contributed by atoms with van der Waals surface area (Å²) in [6, 6.07) is -0.278. The van der Waals surface area contributed by atoms with E-state index in [4.69, 9.17) is 5.11 Å². The molecule has 1 aliphatic rings. The summed E-state index contributed by atoms with van der Waals surface area (Å²) >= 11 is 0. The summed E-state index contributed by atoms with van der Waals surface area (Å²) in [4.78, 5) is 13.1. The highest BCUT2D eigenvalue weighted by Crippen LogP contribution is 2.23. The van der Waals surface area contributed by atoms with Crippen LogP contribution in [0.15, 0.2) is 0 Å². The maximum Gasteiger partial charge on any atom is 0.320 e. The van der Waals surface area contributed by atoms with E-state index in [2.05, 4.69) is 18.7 Å². The van der Waals surface area contributed by atoms with Crippen molar-refractivity contribution in [2.45, 2.75) is 39.7 Å². The Morgan fingerprint density at radius 1 is 1.43 bits per heavy atom. The van der Waals surface area contributed by atoms with Gasteiger partial charge in [-0.2, -0.15) is 0 Å². The summed E-state index contributed by atoms with van der Waals surface area (Å²) in [6.07, 6.45) is 1.93. The second-order valence-corrected chi connectivity index (χ2v) is 4.66. The van der Waals surface area contributed by atoms with Crippen LogP contribution in [0.2, 0.25) is 0 Å². The minimum Gasteiger partial charge on any atom is -0.480 e. The van der Waals surface area contributed by atoms with Crippen molar-refractivity contribution in [1.29, 1.82) is 0 Å². The van der Waals surface area contributed by atoms with Gasteiger partial charge in [0.1, 0.15) is 6.04 Å². The lowest BCUT2D eigenvalue weighted by Gasteiger charge is -2.38. The van der Waals surface area contributed by atoms with Gasteiger partial charge in [-0.1, -0.05) is 20.8 Å². The van der Waals surface area contributed by atoms with E-state index in [1.54, 1.807) is 0 Å². The van der Waals surface area contributed by atoms with Crippen LogP contribution < -0.4 is 0 Å². The van der Waals surface area contributed by atoms with Gasteiger partial charge in [0.25, 0.3) is 0 Å². The molecule has 0 aliphatic carbocycles. The molecule has 3 atom stereocenters. The second-order valence-electron chi connectivity index (χ2n) is 4.66. The van der Waals surface area contributed by atoms with Gasteiger partial charge in [0.05, 0.1) is 0 Å². The van der Waals surface area contributed by atoms with Crippen molar-refractivity contribution in [2.75, 3.05) is 13.1 Å². The minimum absolute atomic E-state index is 0.278. The van der Waals surface area contributed by atoms with Gasteiger partial charge in [0, 0.05) is 13.1 Å². The Balaban J connectivity index is 2.61. The van der Waals surface area contributed by atoms with Crippen LogP contribution in [0.25, 0.3) is 0 Å². The molecule has 0 aromatic rings. The predicted octanol–water partition coefficient (Wildman–Crippen LogP) is 1.83. The fourth-order valence-corrected chi connectivity index (χ4v) is 2.55. The summed E-state index contributed by atoms with van der Waals surface area (Å²) in [5.74, 6) is 0.591. The van der Waals surface area contributed by atoms with Crippen LogP contribution in [0.1, 0.15) is 33.6 Å². The molecule has 0 saturated carbocycles. The number of hydrogen-bond donors (Lipinski definition) is 1. The van der Waals surface area contributed by atoms with Gasteiger partial charge in [0.2, 0.25) is 0 Å². The van der Waals surface area contributed by atoms with E-state index in [1.165, 1.54) is 6.42 Å². The Bertz CT molecular complexity index is 195. The predicted molar refractivity (Wildman–Crippen MR) is 56.2 cm³/mol. The number of aliphatic carboxylic acids is 1. The van der Waals surface area contributed by atoms with Crippen molar-refractivity contribution < 1.29 is 9.90 Å². The number of piperidine rings is 1. The Kier molecular flexibility index (Phi) is 3.93. The molecule has 1 rings (SSSR count). The number of carboxylic acid groups (broad SMARTS) is 1. The fourth-order valence-electron chi connectivity index (χ4n) is 2.55. The molecule has 1 heterocycles. The summed E-state index contributed by atoms with van der Waals surface area (Å²) < 4.78 is 0. The van der Waals surface area contributed by atoms with Crippen molar-refractivity contribution in [1.82, 2.24) is 4.90 Å². The molecule has 1 saturated heterocycles. The summed E-state index contributed by atoms with van der Waals surface area (Å²) in [5.41, 5.74) is 0. The smallest absolute Gasteiger partial charge is 0.320 e. The summed E-state index contributed by atoms with van der Waals surface area (Å²) in [7, 11) is 0. The molecule has 3 unspecified atom stereocenters. The van der Waals surface area contributed by atoms with Crippen molar-refractivity contribution in [3.63, 3.8) is 0 Å². The van der Waals surface area contributed by atoms with E-state index in [1.807, 2.05) is 6.92 Å². The lowest BCUT2D eigenvalue weighted by Crippen LogP contribution is -2.48. The lowest BCUT2D eigenvalue weighted by molar-refractivity contribution is -0.144. The molecule has 1 aliphatic heterocycles. The summed E-state index contributed by atoms with van der Waals surface area (Å²) in [5, 5.41) is 9.06. The molecule has 0 aromatic carbocycles. The zero-order valence-corrected chi connectivity index (χ0v) is 9.36. The van der Waals surface area contributed by atoms with E-state index in [0.717, 1.165) is 13.1 Å². The van der Waals surface area contributed by atoms with Crippen molar-refractivity contribution in [3.8, 4) is 0 Å². The van der Waals surface area contributed by atoms with Crippen LogP contribution in [0.3, 0.4) is 0 Å². The highest BCUT2D eigenvalue weighted by Gasteiger charge is 2.30. The van der Waals surface area contributed by atoms with Gasteiger partial charge >= 0.3 is 5.97 Å². The van der Waals surface area contributed by atoms with Crippen LogP contribution in [-0.2, 0) is 4.79 Å². The molecule has 0 spiro atoms. The van der Waals surface area contributed by atoms with Crippen LogP contribution in [0, 0.1) is 11.8 Å². The number of carbonyl (C=O) groups is 1. The summed E-state index contributed by atoms with van der Waals surface area (Å²) in [6.45, 7) is 8.24. The van der Waals surface area contributed by atoms with Gasteiger partial charge in [-0.25, -0.2) is 0 Å². The molecule has 0 bridgehead atoms. The fraction of sp³-hybridized carbons (Fsp3) is 0.909. The van der Waals surface area contributed by atoms with E-state index in [-0.39, 0.29) is 6.04 Å². The molecule has 1 fully saturated rings. The third-order valence-electron chi connectivity index (χ3n) is 3.01. The topological polar surface area (TPSA) is 40.5 Å². The van der Waals surface area contributed by atoms with Crippen LogP contribution in [0.4, 0.5) is 0 Å². The van der Waals surface area contributed by atoms with Gasteiger partial charge in [0.15, 0.2) is 0 Å². The monoisotopic (exact) mass is 199 g/mol. The quantitative estimate of drug-likeness (QED) is 0.754. The van der Waals surface area contributed by atoms with Crippen LogP contribution >= 0.6 is 0 Å². The molecule has 0 radical (unpaired) electrons. The normalized spacial score (nSPS) is 31.4. The molecule has 0 amide bonds. The third kappa shape index (κ3) is 2.71. The first kappa shape index (κ1) is 11.5. The van der Waals surface area contributed by atoms with E-state index < -0.39 is 5.97 Å². The third-order valence-corrected chi connectivity index (χ3v) is 3.01. The van der Waals surface area contributed by atoms with Crippen LogP contribution in [-0.4, -0.2) is 35.1 Å². The first-order valence-corrected chi connectivity index (χ1v) is 5.51. The maximum atomic E-state index is 11.0. The number of rotatable bonds is 3. The minimum atomic E-state index is -0.672. The van der Waals surface area contributed by atoms with E-state index in [0.29, 0.717) is 18.3 Å². The molecule has 82 valence electrons. The van der Waals surface area contributed by atoms with Gasteiger partial charge in [-0.3, -0.25) is 9.69 Å². The average molecular weight is 199 g/mol. The Morgan fingerprint density at radius 3 is 2.29 bits per heavy atom. The first-order chi connectivity index (χ1) is 6.54. The molecule has 3 nitrogen and oxygen atoms in total. The van der Waals surface area contributed by atoms with Crippen molar-refractivity contribution in [3.05, 3.63) is 0 Å².